The Kier molecular flexibility index (Phi) is 5.24. The van der Waals surface area contributed by atoms with Gasteiger partial charge in [-0.25, -0.2) is 0 Å². The second-order valence-corrected chi connectivity index (χ2v) is 7.04. The zero-order valence-corrected chi connectivity index (χ0v) is 12.6. The van der Waals surface area contributed by atoms with Crippen LogP contribution < -0.4 is 5.32 Å². The van der Waals surface area contributed by atoms with Crippen LogP contribution in [0.4, 0.5) is 0 Å². The molecular weight excluding hydrogens is 234 g/mol. The summed E-state index contributed by atoms with van der Waals surface area (Å²) in [6.45, 7) is 9.01. The van der Waals surface area contributed by atoms with E-state index in [2.05, 4.69) is 16.3 Å². The Balaban J connectivity index is 1.45. The fraction of sp³-hybridized carbons (Fsp3) is 0.938. The number of likely N-dealkylation sites (tertiary alicyclic amines) is 1. The zero-order valence-electron chi connectivity index (χ0n) is 12.6. The van der Waals surface area contributed by atoms with Crippen LogP contribution in [0.25, 0.3) is 0 Å². The van der Waals surface area contributed by atoms with Crippen LogP contribution in [0.2, 0.25) is 0 Å². The molecule has 3 nitrogen and oxygen atoms in total. The lowest BCUT2D eigenvalue weighted by molar-refractivity contribution is 0.311. The lowest BCUT2D eigenvalue weighted by Crippen LogP contribution is -2.28. The van der Waals surface area contributed by atoms with Gasteiger partial charge >= 0.3 is 0 Å². The van der Waals surface area contributed by atoms with E-state index in [4.69, 9.17) is 5.26 Å². The molecule has 3 heteroatoms. The van der Waals surface area contributed by atoms with E-state index in [1.807, 2.05) is 13.8 Å². The van der Waals surface area contributed by atoms with Crippen LogP contribution in [0.15, 0.2) is 0 Å². The minimum Gasteiger partial charge on any atom is -0.316 e. The summed E-state index contributed by atoms with van der Waals surface area (Å²) in [6, 6.07) is 3.32. The second kappa shape index (κ2) is 6.72. The molecule has 0 aromatic carbocycles. The first-order valence-corrected chi connectivity index (χ1v) is 7.97. The third-order valence-corrected chi connectivity index (χ3v) is 4.52. The van der Waals surface area contributed by atoms with Crippen molar-refractivity contribution in [3.8, 4) is 6.07 Å². The smallest absolute Gasteiger partial charge is 0.0683 e. The molecule has 2 rings (SSSR count). The van der Waals surface area contributed by atoms with Crippen molar-refractivity contribution in [2.45, 2.75) is 58.4 Å². The Morgan fingerprint density at radius 3 is 2.74 bits per heavy atom. The summed E-state index contributed by atoms with van der Waals surface area (Å²) >= 11 is 0. The Hall–Kier alpha value is -0.590. The van der Waals surface area contributed by atoms with Crippen LogP contribution in [0.3, 0.4) is 0 Å². The van der Waals surface area contributed by atoms with Gasteiger partial charge in [0.05, 0.1) is 11.5 Å². The topological polar surface area (TPSA) is 39.1 Å². The molecule has 2 fully saturated rings. The molecule has 1 aliphatic carbocycles. The summed E-state index contributed by atoms with van der Waals surface area (Å²) in [5.41, 5.74) is -0.143. The van der Waals surface area contributed by atoms with Gasteiger partial charge in [-0.1, -0.05) is 6.42 Å². The number of unbranched alkanes of at least 4 members (excludes halogenated alkanes) is 1. The largest absolute Gasteiger partial charge is 0.316 e. The summed E-state index contributed by atoms with van der Waals surface area (Å²) in [5, 5.41) is 12.5. The van der Waals surface area contributed by atoms with E-state index in [0.29, 0.717) is 0 Å². The van der Waals surface area contributed by atoms with Crippen molar-refractivity contribution in [2.24, 2.45) is 11.3 Å². The monoisotopic (exact) mass is 263 g/mol. The molecule has 108 valence electrons. The maximum absolute atomic E-state index is 8.94. The molecule has 1 saturated heterocycles. The molecule has 0 aromatic heterocycles. The van der Waals surface area contributed by atoms with Crippen molar-refractivity contribution in [1.29, 1.82) is 5.26 Å². The predicted molar refractivity (Wildman–Crippen MR) is 78.8 cm³/mol. The van der Waals surface area contributed by atoms with Crippen molar-refractivity contribution < 1.29 is 0 Å². The van der Waals surface area contributed by atoms with Crippen LogP contribution >= 0.6 is 0 Å². The van der Waals surface area contributed by atoms with Crippen molar-refractivity contribution in [3.05, 3.63) is 0 Å². The minimum absolute atomic E-state index is 0.143. The molecule has 0 spiro atoms. The van der Waals surface area contributed by atoms with Crippen LogP contribution in [0.1, 0.15) is 52.4 Å². The first-order chi connectivity index (χ1) is 9.11. The lowest BCUT2D eigenvalue weighted by atomic mass is 9.89. The number of hydrogen-bond donors (Lipinski definition) is 1. The van der Waals surface area contributed by atoms with Crippen molar-refractivity contribution >= 4 is 0 Å². The number of nitriles is 1. The molecule has 1 atom stereocenters. The van der Waals surface area contributed by atoms with E-state index in [-0.39, 0.29) is 5.41 Å². The van der Waals surface area contributed by atoms with Gasteiger partial charge in [-0.3, -0.25) is 0 Å². The van der Waals surface area contributed by atoms with E-state index in [1.165, 1.54) is 45.3 Å². The van der Waals surface area contributed by atoms with E-state index < -0.39 is 0 Å². The van der Waals surface area contributed by atoms with Gasteiger partial charge in [-0.2, -0.15) is 5.26 Å². The number of hydrogen-bond acceptors (Lipinski definition) is 3. The quantitative estimate of drug-likeness (QED) is 0.684. The average molecular weight is 263 g/mol. The molecule has 1 unspecified atom stereocenters. The molecular formula is C16H29N3. The van der Waals surface area contributed by atoms with Crippen molar-refractivity contribution in [1.82, 2.24) is 10.2 Å². The molecule has 1 N–H and O–H groups in total. The summed E-state index contributed by atoms with van der Waals surface area (Å²) in [7, 11) is 0. The molecule has 2 aliphatic rings. The zero-order chi connectivity index (χ0) is 13.7. The Labute approximate surface area is 118 Å². The molecule has 19 heavy (non-hydrogen) atoms. The van der Waals surface area contributed by atoms with Gasteiger partial charge in [0.15, 0.2) is 0 Å². The molecule has 0 aromatic rings. The summed E-state index contributed by atoms with van der Waals surface area (Å²) in [6.07, 6.45) is 7.63. The standard InChI is InChI=1S/C16H29N3/c1-16(2,13-17)8-3-4-9-18-11-14-7-10-19(12-14)15-5-6-15/h14-15,18H,3-12H2,1-2H3. The molecule has 0 bridgehead atoms. The van der Waals surface area contributed by atoms with Crippen LogP contribution in [0, 0.1) is 22.7 Å². The summed E-state index contributed by atoms with van der Waals surface area (Å²) < 4.78 is 0. The number of nitrogens with zero attached hydrogens (tertiary/aromatic N) is 2. The summed E-state index contributed by atoms with van der Waals surface area (Å²) in [5.74, 6) is 0.871. The van der Waals surface area contributed by atoms with E-state index in [9.17, 15) is 0 Å². The van der Waals surface area contributed by atoms with Crippen molar-refractivity contribution in [2.75, 3.05) is 26.2 Å². The highest BCUT2D eigenvalue weighted by Crippen LogP contribution is 2.31. The van der Waals surface area contributed by atoms with Crippen molar-refractivity contribution in [3.63, 3.8) is 0 Å². The average Bonchev–Trinajstić information content (AvgIpc) is 3.14. The number of nitrogens with one attached hydrogen (secondary N) is 1. The third-order valence-electron chi connectivity index (χ3n) is 4.52. The van der Waals surface area contributed by atoms with Gasteiger partial charge in [-0.15, -0.1) is 0 Å². The molecule has 1 saturated carbocycles. The van der Waals surface area contributed by atoms with Gasteiger partial charge in [0, 0.05) is 12.6 Å². The van der Waals surface area contributed by atoms with Gasteiger partial charge in [0.1, 0.15) is 0 Å². The second-order valence-electron chi connectivity index (χ2n) is 7.04. The molecule has 1 heterocycles. The Morgan fingerprint density at radius 1 is 1.26 bits per heavy atom. The summed E-state index contributed by atoms with van der Waals surface area (Å²) in [4.78, 5) is 2.68. The number of rotatable bonds is 8. The molecule has 0 radical (unpaired) electrons. The van der Waals surface area contributed by atoms with E-state index in [1.54, 1.807) is 0 Å². The fourth-order valence-electron chi connectivity index (χ4n) is 2.98. The normalized spacial score (nSPS) is 24.6. The van der Waals surface area contributed by atoms with Gasteiger partial charge in [-0.05, 0) is 71.5 Å². The SMILES string of the molecule is CC(C)(C#N)CCCCNCC1CCN(C2CC2)C1. The maximum Gasteiger partial charge on any atom is 0.0683 e. The van der Waals surface area contributed by atoms with Crippen LogP contribution in [-0.4, -0.2) is 37.1 Å². The highest BCUT2D eigenvalue weighted by atomic mass is 15.2. The van der Waals surface area contributed by atoms with E-state index in [0.717, 1.165) is 31.3 Å². The third kappa shape index (κ3) is 5.12. The first kappa shape index (κ1) is 14.8. The Morgan fingerprint density at radius 2 is 2.05 bits per heavy atom. The maximum atomic E-state index is 8.94. The minimum atomic E-state index is -0.143. The highest BCUT2D eigenvalue weighted by molar-refractivity contribution is 4.91. The fourth-order valence-corrected chi connectivity index (χ4v) is 2.98. The Bertz CT molecular complexity index is 314. The molecule has 1 aliphatic heterocycles. The van der Waals surface area contributed by atoms with Crippen LogP contribution in [-0.2, 0) is 0 Å². The van der Waals surface area contributed by atoms with Gasteiger partial charge < -0.3 is 10.2 Å². The first-order valence-electron chi connectivity index (χ1n) is 7.97. The van der Waals surface area contributed by atoms with Gasteiger partial charge in [0.2, 0.25) is 0 Å². The van der Waals surface area contributed by atoms with Crippen LogP contribution in [0.5, 0.6) is 0 Å². The molecule has 0 amide bonds. The lowest BCUT2D eigenvalue weighted by Gasteiger charge is -2.16. The van der Waals surface area contributed by atoms with E-state index >= 15 is 0 Å². The highest BCUT2D eigenvalue weighted by Gasteiger charge is 2.33. The van der Waals surface area contributed by atoms with Gasteiger partial charge in [0.25, 0.3) is 0 Å². The predicted octanol–water partition coefficient (Wildman–Crippen LogP) is 2.78.